The summed E-state index contributed by atoms with van der Waals surface area (Å²) in [6, 6.07) is 17.0. The van der Waals surface area contributed by atoms with Gasteiger partial charge in [0, 0.05) is 11.8 Å². The number of carbonyl (C=O) groups excluding carboxylic acids is 1. The fourth-order valence-corrected chi connectivity index (χ4v) is 4.99. The fraction of sp³-hybridized carbons (Fsp3) is 0.217. The molecule has 154 valence electrons. The molecule has 0 saturated heterocycles. The van der Waals surface area contributed by atoms with Crippen LogP contribution in [0.2, 0.25) is 5.02 Å². The number of hydrogen-bond donors (Lipinski definition) is 1. The molecule has 0 atom stereocenters. The molecule has 0 aliphatic heterocycles. The molecule has 1 aliphatic carbocycles. The number of pyridine rings is 1. The second-order valence-corrected chi connectivity index (χ2v) is 9.52. The average Bonchev–Trinajstić information content (AvgIpc) is 3.30. The number of sulfonamides is 1. The van der Waals surface area contributed by atoms with Gasteiger partial charge in [0.2, 0.25) is 0 Å². The first-order valence-corrected chi connectivity index (χ1v) is 11.7. The van der Waals surface area contributed by atoms with Crippen LogP contribution < -0.4 is 4.72 Å². The van der Waals surface area contributed by atoms with Crippen LogP contribution in [-0.2, 0) is 10.0 Å². The van der Waals surface area contributed by atoms with E-state index in [1.54, 1.807) is 42.5 Å². The van der Waals surface area contributed by atoms with Crippen molar-refractivity contribution in [1.29, 1.82) is 0 Å². The first kappa shape index (κ1) is 20.6. The molecular weight excluding hydrogens is 420 g/mol. The van der Waals surface area contributed by atoms with E-state index in [4.69, 9.17) is 11.6 Å². The fourth-order valence-electron chi connectivity index (χ4n) is 3.80. The van der Waals surface area contributed by atoms with Crippen LogP contribution in [0.4, 0.5) is 5.82 Å². The molecule has 2 aromatic carbocycles. The van der Waals surface area contributed by atoms with Gasteiger partial charge in [-0.25, -0.2) is 13.4 Å². The molecule has 30 heavy (non-hydrogen) atoms. The topological polar surface area (TPSA) is 76.1 Å². The van der Waals surface area contributed by atoms with E-state index >= 15 is 0 Å². The van der Waals surface area contributed by atoms with Crippen molar-refractivity contribution in [3.63, 3.8) is 0 Å². The molecule has 0 amide bonds. The number of rotatable bonds is 6. The van der Waals surface area contributed by atoms with Crippen LogP contribution in [0.25, 0.3) is 0 Å². The monoisotopic (exact) mass is 440 g/mol. The lowest BCUT2D eigenvalue weighted by Gasteiger charge is -2.13. The Morgan fingerprint density at radius 3 is 2.33 bits per heavy atom. The third-order valence-corrected chi connectivity index (χ3v) is 6.94. The summed E-state index contributed by atoms with van der Waals surface area (Å²) < 4.78 is 28.3. The normalized spacial score (nSPS) is 14.6. The van der Waals surface area contributed by atoms with Crippen molar-refractivity contribution >= 4 is 33.2 Å². The van der Waals surface area contributed by atoms with E-state index in [0.29, 0.717) is 11.5 Å². The van der Waals surface area contributed by atoms with Crippen LogP contribution in [0.5, 0.6) is 0 Å². The van der Waals surface area contributed by atoms with Crippen molar-refractivity contribution in [1.82, 2.24) is 4.98 Å². The van der Waals surface area contributed by atoms with Crippen molar-refractivity contribution in [2.45, 2.75) is 36.5 Å². The number of hydrogen-bond acceptors (Lipinski definition) is 4. The zero-order valence-corrected chi connectivity index (χ0v) is 17.8. The molecule has 1 saturated carbocycles. The largest absolute Gasteiger partial charge is 0.288 e. The summed E-state index contributed by atoms with van der Waals surface area (Å²) in [7, 11) is -3.91. The Morgan fingerprint density at radius 1 is 1.00 bits per heavy atom. The van der Waals surface area contributed by atoms with Crippen LogP contribution in [0.1, 0.15) is 53.1 Å². The van der Waals surface area contributed by atoms with Crippen molar-refractivity contribution in [3.8, 4) is 0 Å². The van der Waals surface area contributed by atoms with E-state index in [-0.39, 0.29) is 27.1 Å². The Kier molecular flexibility index (Phi) is 5.88. The van der Waals surface area contributed by atoms with Gasteiger partial charge in [-0.1, -0.05) is 66.9 Å². The highest BCUT2D eigenvalue weighted by Crippen LogP contribution is 2.34. The molecule has 1 fully saturated rings. The summed E-state index contributed by atoms with van der Waals surface area (Å²) in [5.41, 5.74) is 1.68. The highest BCUT2D eigenvalue weighted by molar-refractivity contribution is 7.92. The summed E-state index contributed by atoms with van der Waals surface area (Å²) >= 11 is 6.02. The minimum absolute atomic E-state index is 0.0480. The molecular formula is C23H21ClN2O3S. The molecule has 7 heteroatoms. The first-order valence-electron chi connectivity index (χ1n) is 9.82. The lowest BCUT2D eigenvalue weighted by molar-refractivity contribution is 0.103. The van der Waals surface area contributed by atoms with E-state index in [1.807, 2.05) is 12.1 Å². The summed E-state index contributed by atoms with van der Waals surface area (Å²) in [5.74, 6) is 0.0933. The molecule has 1 N–H and O–H groups in total. The van der Waals surface area contributed by atoms with Crippen molar-refractivity contribution in [2.24, 2.45) is 0 Å². The molecule has 5 nitrogen and oxygen atoms in total. The second-order valence-electron chi connectivity index (χ2n) is 7.40. The molecule has 1 aromatic heterocycles. The van der Waals surface area contributed by atoms with Crippen LogP contribution in [0, 0.1) is 0 Å². The zero-order chi connectivity index (χ0) is 21.1. The molecule has 0 unspecified atom stereocenters. The van der Waals surface area contributed by atoms with Crippen LogP contribution in [0.3, 0.4) is 0 Å². The van der Waals surface area contributed by atoms with Crippen LogP contribution in [0.15, 0.2) is 71.8 Å². The van der Waals surface area contributed by atoms with Gasteiger partial charge in [0.1, 0.15) is 0 Å². The SMILES string of the molecule is O=C(c1ccccc1)c1cc(Cl)cnc1NS(=O)(=O)c1ccc(C2CCCC2)cc1. The number of aromatic nitrogens is 1. The molecule has 4 rings (SSSR count). The Balaban J connectivity index is 1.62. The Bertz CT molecular complexity index is 1160. The van der Waals surface area contributed by atoms with E-state index in [2.05, 4.69) is 9.71 Å². The van der Waals surface area contributed by atoms with Crippen molar-refractivity contribution in [3.05, 3.63) is 88.6 Å². The van der Waals surface area contributed by atoms with Gasteiger partial charge in [0.15, 0.2) is 11.6 Å². The van der Waals surface area contributed by atoms with Gasteiger partial charge in [-0.05, 0) is 42.5 Å². The third-order valence-electron chi connectivity index (χ3n) is 5.38. The molecule has 3 aromatic rings. The number of nitrogens with one attached hydrogen (secondary N) is 1. The summed E-state index contributed by atoms with van der Waals surface area (Å²) in [6.07, 6.45) is 6.03. The third kappa shape index (κ3) is 4.40. The molecule has 1 aliphatic rings. The van der Waals surface area contributed by atoms with Gasteiger partial charge in [-0.2, -0.15) is 0 Å². The Morgan fingerprint density at radius 2 is 1.67 bits per heavy atom. The number of anilines is 1. The van der Waals surface area contributed by atoms with Gasteiger partial charge >= 0.3 is 0 Å². The maximum Gasteiger partial charge on any atom is 0.263 e. The summed E-state index contributed by atoms with van der Waals surface area (Å²) in [5, 5.41) is 0.248. The zero-order valence-electron chi connectivity index (χ0n) is 16.2. The first-order chi connectivity index (χ1) is 14.4. The Hall–Kier alpha value is -2.70. The standard InChI is InChI=1S/C23H21ClN2O3S/c24-19-14-21(22(27)18-8-2-1-3-9-18)23(25-15-19)26-30(28,29)20-12-10-17(11-13-20)16-6-4-5-7-16/h1-3,8-16H,4-7H2,(H,25,26). The van der Waals surface area contributed by atoms with Crippen LogP contribution >= 0.6 is 11.6 Å². The average molecular weight is 441 g/mol. The molecule has 0 radical (unpaired) electrons. The summed E-state index contributed by atoms with van der Waals surface area (Å²) in [4.78, 5) is 17.1. The van der Waals surface area contributed by atoms with Gasteiger partial charge in [0.05, 0.1) is 15.5 Å². The van der Waals surface area contributed by atoms with Crippen molar-refractivity contribution in [2.75, 3.05) is 4.72 Å². The smallest absolute Gasteiger partial charge is 0.263 e. The van der Waals surface area contributed by atoms with Gasteiger partial charge in [-0.3, -0.25) is 9.52 Å². The van der Waals surface area contributed by atoms with Crippen molar-refractivity contribution < 1.29 is 13.2 Å². The van der Waals surface area contributed by atoms with Gasteiger partial charge in [0.25, 0.3) is 10.0 Å². The number of ketones is 1. The van der Waals surface area contributed by atoms with Crippen LogP contribution in [-0.4, -0.2) is 19.2 Å². The number of nitrogens with zero attached hydrogens (tertiary/aromatic N) is 1. The quantitative estimate of drug-likeness (QED) is 0.519. The maximum absolute atomic E-state index is 12.9. The van der Waals surface area contributed by atoms with E-state index < -0.39 is 10.0 Å². The maximum atomic E-state index is 12.9. The highest BCUT2D eigenvalue weighted by Gasteiger charge is 2.22. The van der Waals surface area contributed by atoms with E-state index in [0.717, 1.165) is 18.4 Å². The van der Waals surface area contributed by atoms with Gasteiger partial charge in [-0.15, -0.1) is 0 Å². The predicted molar refractivity (Wildman–Crippen MR) is 118 cm³/mol. The Labute approximate surface area is 181 Å². The number of benzene rings is 2. The molecule has 0 bridgehead atoms. The number of carbonyl (C=O) groups is 1. The molecule has 1 heterocycles. The van der Waals surface area contributed by atoms with E-state index in [1.165, 1.54) is 25.1 Å². The lowest BCUT2D eigenvalue weighted by atomic mass is 9.98. The lowest BCUT2D eigenvalue weighted by Crippen LogP contribution is -2.17. The van der Waals surface area contributed by atoms with E-state index in [9.17, 15) is 13.2 Å². The minimum Gasteiger partial charge on any atom is -0.288 e. The second kappa shape index (κ2) is 8.58. The highest BCUT2D eigenvalue weighted by atomic mass is 35.5. The minimum atomic E-state index is -3.91. The predicted octanol–water partition coefficient (Wildman–Crippen LogP) is 5.42. The van der Waals surface area contributed by atoms with Gasteiger partial charge < -0.3 is 0 Å². The number of halogens is 1. The summed E-state index contributed by atoms with van der Waals surface area (Å²) in [6.45, 7) is 0. The molecule has 0 spiro atoms.